The van der Waals surface area contributed by atoms with Crippen LogP contribution < -0.4 is 0 Å². The van der Waals surface area contributed by atoms with Gasteiger partial charge in [-0.1, -0.05) is 70.3 Å². The maximum atomic E-state index is 2.38. The Morgan fingerprint density at radius 1 is 0.529 bits per heavy atom. The van der Waals surface area contributed by atoms with Crippen molar-refractivity contribution >= 4 is 0 Å². The molecule has 0 heteroatoms. The predicted molar refractivity (Wildman–Crippen MR) is 80.4 cm³/mol. The highest BCUT2D eigenvalue weighted by Crippen LogP contribution is 2.07. The highest BCUT2D eigenvalue weighted by atomic mass is 13.9. The van der Waals surface area contributed by atoms with E-state index in [0.29, 0.717) is 0 Å². The van der Waals surface area contributed by atoms with Crippen LogP contribution in [0.2, 0.25) is 0 Å². The average Bonchev–Trinajstić information content (AvgIpc) is 2.35. The first-order chi connectivity index (χ1) is 8.41. The molecule has 0 saturated heterocycles. The third-order valence-corrected chi connectivity index (χ3v) is 3.03. The van der Waals surface area contributed by atoms with Gasteiger partial charge in [-0.3, -0.25) is 0 Å². The number of hydrogen-bond donors (Lipinski definition) is 0. The first-order valence-electron chi connectivity index (χ1n) is 7.71. The van der Waals surface area contributed by atoms with Gasteiger partial charge in [-0.05, 0) is 38.5 Å². The van der Waals surface area contributed by atoms with Crippen molar-refractivity contribution in [3.63, 3.8) is 0 Å². The maximum absolute atomic E-state index is 2.38. The second kappa shape index (κ2) is 15.5. The number of rotatable bonds is 12. The zero-order valence-corrected chi connectivity index (χ0v) is 12.1. The molecule has 0 N–H and O–H groups in total. The van der Waals surface area contributed by atoms with E-state index in [1.807, 2.05) is 0 Å². The van der Waals surface area contributed by atoms with Crippen molar-refractivity contribution in [2.45, 2.75) is 84.5 Å². The summed E-state index contributed by atoms with van der Waals surface area (Å²) in [6.45, 7) is 4.47. The van der Waals surface area contributed by atoms with E-state index in [0.717, 1.165) is 0 Å². The molecule has 0 radical (unpaired) electrons. The predicted octanol–water partition coefficient (Wildman–Crippen LogP) is 6.43. The fraction of sp³-hybridized carbons (Fsp3) is 0.765. The second-order valence-corrected chi connectivity index (χ2v) is 4.84. The number of hydrogen-bond acceptors (Lipinski definition) is 0. The molecular weight excluding hydrogens is 204 g/mol. The van der Waals surface area contributed by atoms with Gasteiger partial charge in [-0.2, -0.15) is 0 Å². The van der Waals surface area contributed by atoms with Crippen LogP contribution >= 0.6 is 0 Å². The highest BCUT2D eigenvalue weighted by Gasteiger charge is 1.88. The Morgan fingerprint density at radius 3 is 1.71 bits per heavy atom. The molecule has 0 saturated carbocycles. The summed E-state index contributed by atoms with van der Waals surface area (Å²) in [5.41, 5.74) is 0. The van der Waals surface area contributed by atoms with Crippen LogP contribution in [0.3, 0.4) is 0 Å². The summed E-state index contributed by atoms with van der Waals surface area (Å²) in [5.74, 6) is 0. The van der Waals surface area contributed by atoms with Gasteiger partial charge in [0.1, 0.15) is 0 Å². The Kier molecular flexibility index (Phi) is 15.0. The molecule has 0 aliphatic heterocycles. The molecule has 0 aromatic heterocycles. The minimum atomic E-state index is 1.17. The van der Waals surface area contributed by atoms with E-state index in [9.17, 15) is 0 Å². The van der Waals surface area contributed by atoms with Crippen LogP contribution in [0.25, 0.3) is 0 Å². The second-order valence-electron chi connectivity index (χ2n) is 4.84. The van der Waals surface area contributed by atoms with Crippen LogP contribution in [0, 0.1) is 0 Å². The molecule has 0 spiro atoms. The molecular formula is C17H32. The van der Waals surface area contributed by atoms with Crippen LogP contribution in [0.4, 0.5) is 0 Å². The lowest BCUT2D eigenvalue weighted by Crippen LogP contribution is -1.77. The molecule has 0 aromatic rings. The van der Waals surface area contributed by atoms with Gasteiger partial charge >= 0.3 is 0 Å². The van der Waals surface area contributed by atoms with Crippen molar-refractivity contribution in [3.8, 4) is 0 Å². The van der Waals surface area contributed by atoms with Gasteiger partial charge in [0.25, 0.3) is 0 Å². The van der Waals surface area contributed by atoms with Crippen molar-refractivity contribution in [1.29, 1.82) is 0 Å². The smallest absolute Gasteiger partial charge is 0.0348 e. The minimum absolute atomic E-state index is 1.17. The fourth-order valence-electron chi connectivity index (χ4n) is 1.92. The van der Waals surface area contributed by atoms with Gasteiger partial charge in [-0.25, -0.2) is 0 Å². The zero-order chi connectivity index (χ0) is 12.6. The Bertz CT molecular complexity index is 176. The Labute approximate surface area is 109 Å². The molecule has 0 fully saturated rings. The van der Waals surface area contributed by atoms with Crippen LogP contribution in [0.5, 0.6) is 0 Å². The molecule has 0 nitrogen and oxygen atoms in total. The normalized spacial score (nSPS) is 11.9. The van der Waals surface area contributed by atoms with E-state index >= 15 is 0 Å². The number of allylic oxidation sites excluding steroid dienone is 4. The molecule has 0 amide bonds. The summed E-state index contributed by atoms with van der Waals surface area (Å²) in [7, 11) is 0. The summed E-state index contributed by atoms with van der Waals surface area (Å²) in [4.78, 5) is 0. The van der Waals surface area contributed by atoms with Gasteiger partial charge < -0.3 is 0 Å². The monoisotopic (exact) mass is 236 g/mol. The quantitative estimate of drug-likeness (QED) is 0.270. The fourth-order valence-corrected chi connectivity index (χ4v) is 1.92. The largest absolute Gasteiger partial charge is 0.0888 e. The minimum Gasteiger partial charge on any atom is -0.0888 e. The molecule has 0 rings (SSSR count). The van der Waals surface area contributed by atoms with Crippen molar-refractivity contribution in [3.05, 3.63) is 24.3 Å². The van der Waals surface area contributed by atoms with E-state index in [-0.39, 0.29) is 0 Å². The van der Waals surface area contributed by atoms with Gasteiger partial charge in [0, 0.05) is 0 Å². The standard InChI is InChI=1S/C17H32/c1-3-5-7-9-11-13-15-17-16-14-12-10-8-6-4-2/h5,7,15,17H,3-4,6,8-14,16H2,1-2H3/b7-5+,17-15+. The number of unbranched alkanes of at least 4 members (excludes halogenated alkanes) is 8. The summed E-state index contributed by atoms with van der Waals surface area (Å²) in [6, 6.07) is 0. The first kappa shape index (κ1) is 16.5. The van der Waals surface area contributed by atoms with E-state index < -0.39 is 0 Å². The van der Waals surface area contributed by atoms with Crippen LogP contribution in [0.15, 0.2) is 24.3 Å². The van der Waals surface area contributed by atoms with E-state index in [4.69, 9.17) is 0 Å². The maximum Gasteiger partial charge on any atom is -0.0348 e. The molecule has 0 bridgehead atoms. The molecule has 17 heavy (non-hydrogen) atoms. The molecule has 0 unspecified atom stereocenters. The molecule has 0 aliphatic rings. The third-order valence-electron chi connectivity index (χ3n) is 3.03. The van der Waals surface area contributed by atoms with E-state index in [1.165, 1.54) is 70.6 Å². The van der Waals surface area contributed by atoms with Gasteiger partial charge in [-0.15, -0.1) is 0 Å². The average molecular weight is 236 g/mol. The van der Waals surface area contributed by atoms with Crippen molar-refractivity contribution in [1.82, 2.24) is 0 Å². The van der Waals surface area contributed by atoms with Gasteiger partial charge in [0.15, 0.2) is 0 Å². The molecule has 0 heterocycles. The van der Waals surface area contributed by atoms with Crippen molar-refractivity contribution in [2.24, 2.45) is 0 Å². The molecule has 100 valence electrons. The van der Waals surface area contributed by atoms with Gasteiger partial charge in [0.2, 0.25) is 0 Å². The Balaban J connectivity index is 3.07. The van der Waals surface area contributed by atoms with Crippen molar-refractivity contribution in [2.75, 3.05) is 0 Å². The van der Waals surface area contributed by atoms with E-state index in [1.54, 1.807) is 0 Å². The summed E-state index contributed by atoms with van der Waals surface area (Å²) in [5, 5.41) is 0. The van der Waals surface area contributed by atoms with Crippen LogP contribution in [-0.4, -0.2) is 0 Å². The van der Waals surface area contributed by atoms with Crippen LogP contribution in [0.1, 0.15) is 84.5 Å². The first-order valence-corrected chi connectivity index (χ1v) is 7.71. The van der Waals surface area contributed by atoms with Crippen molar-refractivity contribution < 1.29 is 0 Å². The Hall–Kier alpha value is -0.520. The molecule has 0 atom stereocenters. The summed E-state index contributed by atoms with van der Waals surface area (Å²) < 4.78 is 0. The summed E-state index contributed by atoms with van der Waals surface area (Å²) >= 11 is 0. The van der Waals surface area contributed by atoms with E-state index in [2.05, 4.69) is 38.2 Å². The highest BCUT2D eigenvalue weighted by molar-refractivity contribution is 4.84. The zero-order valence-electron chi connectivity index (χ0n) is 12.1. The Morgan fingerprint density at radius 2 is 1.06 bits per heavy atom. The topological polar surface area (TPSA) is 0 Å². The SMILES string of the molecule is CC/C=C/CCC/C=C/CCCCCCCC. The summed E-state index contributed by atoms with van der Waals surface area (Å²) in [6.07, 6.45) is 24.0. The van der Waals surface area contributed by atoms with Gasteiger partial charge in [0.05, 0.1) is 0 Å². The lowest BCUT2D eigenvalue weighted by atomic mass is 10.1. The van der Waals surface area contributed by atoms with Crippen LogP contribution in [-0.2, 0) is 0 Å². The third kappa shape index (κ3) is 15.5. The lowest BCUT2D eigenvalue weighted by molar-refractivity contribution is 0.611. The molecule has 0 aliphatic carbocycles. The lowest BCUT2D eigenvalue weighted by Gasteiger charge is -1.97. The molecule has 0 aromatic carbocycles.